The van der Waals surface area contributed by atoms with Crippen LogP contribution in [0.25, 0.3) is 33.3 Å². The van der Waals surface area contributed by atoms with E-state index in [1.165, 1.54) is 6.07 Å². The predicted molar refractivity (Wildman–Crippen MR) is 138 cm³/mol. The first kappa shape index (κ1) is 25.3. The SMILES string of the molecule is C[C@@H](Nc1nc(Cl)cc2[nH]c(-c3cc4c(N5CCC(N(C)C)CC5)nccc4[nH]c3=O)nc12)C(F)(F)F. The minimum absolute atomic E-state index is 0.0143. The van der Waals surface area contributed by atoms with E-state index in [9.17, 15) is 18.0 Å². The normalized spacial score (nSPS) is 16.2. The predicted octanol–water partition coefficient (Wildman–Crippen LogP) is 4.41. The number of imidazole rings is 1. The van der Waals surface area contributed by atoms with Crippen LogP contribution in [0.5, 0.6) is 0 Å². The van der Waals surface area contributed by atoms with Crippen LogP contribution in [0.2, 0.25) is 5.15 Å². The molecule has 196 valence electrons. The van der Waals surface area contributed by atoms with Gasteiger partial charge in [-0.3, -0.25) is 4.79 Å². The second-order valence-corrected chi connectivity index (χ2v) is 9.86. The van der Waals surface area contributed by atoms with Crippen molar-refractivity contribution in [1.29, 1.82) is 0 Å². The van der Waals surface area contributed by atoms with E-state index in [-0.39, 0.29) is 27.9 Å². The van der Waals surface area contributed by atoms with Gasteiger partial charge in [0.25, 0.3) is 5.56 Å². The standard InChI is InChI=1S/C24H26ClF3N8O/c1-12(24(26,27)28)30-21-19-17(11-18(25)33-21)31-20(34-19)15-10-14-16(32-23(15)37)4-7-29-22(14)36-8-5-13(6-9-36)35(2)3/h4,7,10-13H,5-6,8-9H2,1-3H3,(H,30,33)(H,31,34)(H,32,37)/t12-/m1/s1. The van der Waals surface area contributed by atoms with Gasteiger partial charge in [-0.25, -0.2) is 15.0 Å². The van der Waals surface area contributed by atoms with Crippen LogP contribution < -0.4 is 15.8 Å². The van der Waals surface area contributed by atoms with Gasteiger partial charge >= 0.3 is 6.18 Å². The molecule has 1 saturated heterocycles. The van der Waals surface area contributed by atoms with Gasteiger partial charge in [-0.15, -0.1) is 0 Å². The van der Waals surface area contributed by atoms with Crippen LogP contribution in [0.15, 0.2) is 29.2 Å². The number of rotatable bonds is 5. The highest BCUT2D eigenvalue weighted by Gasteiger charge is 2.36. The first-order valence-corrected chi connectivity index (χ1v) is 12.2. The van der Waals surface area contributed by atoms with E-state index in [0.29, 0.717) is 17.1 Å². The molecule has 5 rings (SSSR count). The second-order valence-electron chi connectivity index (χ2n) is 9.47. The molecule has 0 bridgehead atoms. The molecule has 13 heteroatoms. The van der Waals surface area contributed by atoms with E-state index < -0.39 is 17.8 Å². The highest BCUT2D eigenvalue weighted by atomic mass is 35.5. The average molecular weight is 535 g/mol. The van der Waals surface area contributed by atoms with Crippen LogP contribution in [0.3, 0.4) is 0 Å². The molecule has 0 saturated carbocycles. The highest BCUT2D eigenvalue weighted by molar-refractivity contribution is 6.30. The van der Waals surface area contributed by atoms with Crippen molar-refractivity contribution < 1.29 is 13.2 Å². The summed E-state index contributed by atoms with van der Waals surface area (Å²) in [5.41, 5.74) is 0.964. The lowest BCUT2D eigenvalue weighted by Gasteiger charge is -2.36. The number of alkyl halides is 3. The highest BCUT2D eigenvalue weighted by Crippen LogP contribution is 2.31. The number of aromatic amines is 2. The molecule has 9 nitrogen and oxygen atoms in total. The molecule has 0 radical (unpaired) electrons. The molecule has 4 aromatic heterocycles. The topological polar surface area (TPSA) is 106 Å². The maximum atomic E-state index is 13.1. The molecule has 37 heavy (non-hydrogen) atoms. The molecule has 1 fully saturated rings. The molecule has 0 aliphatic carbocycles. The molecule has 1 aliphatic heterocycles. The number of nitrogens with zero attached hydrogens (tertiary/aromatic N) is 5. The largest absolute Gasteiger partial charge is 0.408 e. The quantitative estimate of drug-likeness (QED) is 0.326. The van der Waals surface area contributed by atoms with Crippen molar-refractivity contribution in [3.63, 3.8) is 0 Å². The molecule has 4 aromatic rings. The number of nitrogens with one attached hydrogen (secondary N) is 3. The van der Waals surface area contributed by atoms with Gasteiger partial charge in [0.05, 0.1) is 16.6 Å². The Labute approximate surface area is 215 Å². The fourth-order valence-electron chi connectivity index (χ4n) is 4.63. The molecular formula is C24H26ClF3N8O. The Morgan fingerprint density at radius 2 is 1.89 bits per heavy atom. The Balaban J connectivity index is 1.56. The Bertz CT molecular complexity index is 1510. The van der Waals surface area contributed by atoms with Crippen LogP contribution in [0.1, 0.15) is 19.8 Å². The van der Waals surface area contributed by atoms with E-state index in [1.807, 2.05) is 0 Å². The summed E-state index contributed by atoms with van der Waals surface area (Å²) >= 11 is 6.06. The van der Waals surface area contributed by atoms with Crippen LogP contribution >= 0.6 is 11.6 Å². The van der Waals surface area contributed by atoms with Gasteiger partial charge in [-0.2, -0.15) is 13.2 Å². The summed E-state index contributed by atoms with van der Waals surface area (Å²) in [5, 5.41) is 3.07. The van der Waals surface area contributed by atoms with Crippen LogP contribution in [0.4, 0.5) is 24.8 Å². The van der Waals surface area contributed by atoms with Gasteiger partial charge < -0.3 is 25.1 Å². The lowest BCUT2D eigenvalue weighted by atomic mass is 10.0. The number of hydrogen-bond acceptors (Lipinski definition) is 7. The zero-order valence-electron chi connectivity index (χ0n) is 20.4. The van der Waals surface area contributed by atoms with Gasteiger partial charge in [-0.1, -0.05) is 11.6 Å². The lowest BCUT2D eigenvalue weighted by Crippen LogP contribution is -2.42. The Morgan fingerprint density at radius 3 is 2.57 bits per heavy atom. The summed E-state index contributed by atoms with van der Waals surface area (Å²) in [4.78, 5) is 36.4. The molecule has 1 aliphatic rings. The number of halogens is 4. The van der Waals surface area contributed by atoms with E-state index in [0.717, 1.165) is 44.1 Å². The van der Waals surface area contributed by atoms with Gasteiger partial charge in [0.1, 0.15) is 28.4 Å². The number of H-pyrrole nitrogens is 2. The first-order valence-electron chi connectivity index (χ1n) is 11.8. The monoisotopic (exact) mass is 534 g/mol. The van der Waals surface area contributed by atoms with E-state index >= 15 is 0 Å². The van der Waals surface area contributed by atoms with Crippen LogP contribution in [0, 0.1) is 0 Å². The summed E-state index contributed by atoms with van der Waals surface area (Å²) < 4.78 is 39.4. The molecule has 1 atom stereocenters. The third-order valence-electron chi connectivity index (χ3n) is 6.78. The number of pyridine rings is 3. The van der Waals surface area contributed by atoms with Gasteiger partial charge in [-0.05, 0) is 46.0 Å². The summed E-state index contributed by atoms with van der Waals surface area (Å²) in [7, 11) is 4.16. The van der Waals surface area contributed by atoms with Gasteiger partial charge in [0, 0.05) is 36.8 Å². The molecule has 3 N–H and O–H groups in total. The maximum Gasteiger partial charge on any atom is 0.408 e. The van der Waals surface area contributed by atoms with Crippen molar-refractivity contribution in [2.45, 2.75) is 38.0 Å². The van der Waals surface area contributed by atoms with Crippen molar-refractivity contribution in [1.82, 2.24) is 29.8 Å². The summed E-state index contributed by atoms with van der Waals surface area (Å²) in [5.74, 6) is 0.818. The molecule has 5 heterocycles. The maximum absolute atomic E-state index is 13.1. The van der Waals surface area contributed by atoms with Crippen molar-refractivity contribution in [3.05, 3.63) is 39.9 Å². The fourth-order valence-corrected chi connectivity index (χ4v) is 4.83. The van der Waals surface area contributed by atoms with Crippen LogP contribution in [-0.4, -0.2) is 75.3 Å². The number of hydrogen-bond donors (Lipinski definition) is 3. The smallest absolute Gasteiger partial charge is 0.357 e. The number of piperidine rings is 1. The first-order chi connectivity index (χ1) is 17.5. The van der Waals surface area contributed by atoms with E-state index in [2.05, 4.69) is 54.1 Å². The van der Waals surface area contributed by atoms with Crippen molar-refractivity contribution in [3.8, 4) is 11.4 Å². The second kappa shape index (κ2) is 9.49. The van der Waals surface area contributed by atoms with Crippen molar-refractivity contribution in [2.24, 2.45) is 0 Å². The summed E-state index contributed by atoms with van der Waals surface area (Å²) in [6.07, 6.45) is -0.842. The third kappa shape index (κ3) is 4.95. The molecule has 0 amide bonds. The fraction of sp³-hybridized carbons (Fsp3) is 0.417. The Hall–Kier alpha value is -3.38. The number of aromatic nitrogens is 5. The van der Waals surface area contributed by atoms with E-state index in [1.54, 1.807) is 18.3 Å². The average Bonchev–Trinajstić information content (AvgIpc) is 3.26. The number of fused-ring (bicyclic) bond motifs is 2. The summed E-state index contributed by atoms with van der Waals surface area (Å²) in [6, 6.07) is 3.52. The third-order valence-corrected chi connectivity index (χ3v) is 6.98. The minimum Gasteiger partial charge on any atom is -0.357 e. The molecule has 0 aromatic carbocycles. The number of anilines is 2. The minimum atomic E-state index is -4.49. The molecular weight excluding hydrogens is 509 g/mol. The van der Waals surface area contributed by atoms with Gasteiger partial charge in [0.2, 0.25) is 0 Å². The van der Waals surface area contributed by atoms with E-state index in [4.69, 9.17) is 11.6 Å². The zero-order valence-corrected chi connectivity index (χ0v) is 21.2. The lowest BCUT2D eigenvalue weighted by molar-refractivity contribution is -0.138. The van der Waals surface area contributed by atoms with Crippen molar-refractivity contribution in [2.75, 3.05) is 37.4 Å². The molecule has 0 unspecified atom stereocenters. The molecule has 0 spiro atoms. The zero-order chi connectivity index (χ0) is 26.5. The Morgan fingerprint density at radius 1 is 1.16 bits per heavy atom. The Kier molecular flexibility index (Phi) is 6.48. The van der Waals surface area contributed by atoms with Gasteiger partial charge in [0.15, 0.2) is 5.82 Å². The van der Waals surface area contributed by atoms with Crippen molar-refractivity contribution >= 4 is 45.2 Å². The summed E-state index contributed by atoms with van der Waals surface area (Å²) in [6.45, 7) is 2.63. The van der Waals surface area contributed by atoms with Crippen LogP contribution in [-0.2, 0) is 0 Å².